The molecule has 5 heteroatoms. The molecule has 0 radical (unpaired) electrons. The van der Waals surface area contributed by atoms with Crippen LogP contribution in [0.5, 0.6) is 0 Å². The molecule has 130 valence electrons. The van der Waals surface area contributed by atoms with Crippen LogP contribution >= 0.6 is 0 Å². The number of piperidine rings is 1. The van der Waals surface area contributed by atoms with Crippen molar-refractivity contribution in [2.45, 2.75) is 38.0 Å². The average Bonchev–Trinajstić information content (AvgIpc) is 3.15. The Morgan fingerprint density at radius 3 is 2.88 bits per heavy atom. The fraction of sp³-hybridized carbons (Fsp3) is 0.450. The molecular weight excluding hydrogens is 314 g/mol. The Kier molecular flexibility index (Phi) is 4.38. The Labute approximate surface area is 146 Å². The second-order valence-electron chi connectivity index (χ2n) is 7.12. The van der Waals surface area contributed by atoms with Gasteiger partial charge in [-0.25, -0.2) is 0 Å². The third kappa shape index (κ3) is 3.36. The van der Waals surface area contributed by atoms with E-state index in [1.165, 1.54) is 0 Å². The van der Waals surface area contributed by atoms with Crippen molar-refractivity contribution < 1.29 is 4.79 Å². The van der Waals surface area contributed by atoms with E-state index in [-0.39, 0.29) is 11.5 Å². The maximum absolute atomic E-state index is 12.5. The van der Waals surface area contributed by atoms with Crippen LogP contribution in [0.4, 0.5) is 0 Å². The zero-order valence-electron chi connectivity index (χ0n) is 14.3. The molecule has 0 bridgehead atoms. The number of aromatic nitrogens is 2. The molecule has 1 saturated heterocycles. The molecule has 2 aliphatic rings. The minimum Gasteiger partial charge on any atom is -0.343 e. The Morgan fingerprint density at radius 1 is 1.28 bits per heavy atom. The van der Waals surface area contributed by atoms with E-state index in [0.717, 1.165) is 49.9 Å². The van der Waals surface area contributed by atoms with Crippen LogP contribution in [0.3, 0.4) is 0 Å². The normalized spacial score (nSPS) is 21.1. The number of nitrogens with zero attached hydrogens (tertiary/aromatic N) is 2. The summed E-state index contributed by atoms with van der Waals surface area (Å²) in [5, 5.41) is 0.882. The third-order valence-electron chi connectivity index (χ3n) is 5.46. The molecule has 25 heavy (non-hydrogen) atoms. The summed E-state index contributed by atoms with van der Waals surface area (Å²) in [7, 11) is 0. The summed E-state index contributed by atoms with van der Waals surface area (Å²) in [6, 6.07) is 5.81. The van der Waals surface area contributed by atoms with E-state index in [2.05, 4.69) is 22.1 Å². The maximum atomic E-state index is 12.5. The molecule has 3 heterocycles. The molecule has 1 fully saturated rings. The first-order chi connectivity index (χ1) is 12.2. The van der Waals surface area contributed by atoms with Crippen LogP contribution in [0.15, 0.2) is 41.3 Å². The summed E-state index contributed by atoms with van der Waals surface area (Å²) in [6.45, 7) is 1.54. The smallest absolute Gasteiger partial charge is 0.274 e. The highest BCUT2D eigenvalue weighted by atomic mass is 16.2. The fourth-order valence-corrected chi connectivity index (χ4v) is 4.00. The van der Waals surface area contributed by atoms with E-state index >= 15 is 0 Å². The first kappa shape index (κ1) is 16.1. The van der Waals surface area contributed by atoms with E-state index < -0.39 is 0 Å². The van der Waals surface area contributed by atoms with Crippen LogP contribution in [0, 0.1) is 5.92 Å². The van der Waals surface area contributed by atoms with Gasteiger partial charge in [0.05, 0.1) is 0 Å². The van der Waals surface area contributed by atoms with E-state index in [0.29, 0.717) is 23.8 Å². The minimum atomic E-state index is -0.125. The van der Waals surface area contributed by atoms with Crippen LogP contribution < -0.4 is 5.56 Å². The molecule has 1 aliphatic heterocycles. The largest absolute Gasteiger partial charge is 0.343 e. The van der Waals surface area contributed by atoms with Gasteiger partial charge in [-0.05, 0) is 43.7 Å². The molecule has 1 aliphatic carbocycles. The van der Waals surface area contributed by atoms with Crippen LogP contribution in [-0.4, -0.2) is 33.9 Å². The Balaban J connectivity index is 1.42. The SMILES string of the molecule is O=C(CC1C=CCC1)N1CCC(c2cc3cccnc3c(=O)[nH]2)CC1. The molecule has 0 spiro atoms. The van der Waals surface area contributed by atoms with Crippen molar-refractivity contribution in [3.8, 4) is 0 Å². The molecule has 2 aromatic heterocycles. The highest BCUT2D eigenvalue weighted by molar-refractivity contribution is 5.78. The van der Waals surface area contributed by atoms with Crippen molar-refractivity contribution >= 4 is 16.8 Å². The number of rotatable bonds is 3. The van der Waals surface area contributed by atoms with Gasteiger partial charge in [0, 0.05) is 42.7 Å². The van der Waals surface area contributed by atoms with Gasteiger partial charge in [0.1, 0.15) is 5.52 Å². The van der Waals surface area contributed by atoms with Crippen molar-refractivity contribution in [1.82, 2.24) is 14.9 Å². The maximum Gasteiger partial charge on any atom is 0.274 e. The molecule has 1 N–H and O–H groups in total. The third-order valence-corrected chi connectivity index (χ3v) is 5.46. The fourth-order valence-electron chi connectivity index (χ4n) is 4.00. The van der Waals surface area contributed by atoms with Crippen molar-refractivity contribution in [3.63, 3.8) is 0 Å². The number of pyridine rings is 2. The van der Waals surface area contributed by atoms with Crippen molar-refractivity contribution in [1.29, 1.82) is 0 Å². The van der Waals surface area contributed by atoms with Crippen molar-refractivity contribution in [3.05, 3.63) is 52.6 Å². The number of carbonyl (C=O) groups excluding carboxylic acids is 1. The van der Waals surface area contributed by atoms with E-state index in [1.54, 1.807) is 6.20 Å². The first-order valence-corrected chi connectivity index (χ1v) is 9.13. The Bertz CT molecular complexity index is 863. The highest BCUT2D eigenvalue weighted by Gasteiger charge is 2.26. The van der Waals surface area contributed by atoms with Crippen LogP contribution in [0.1, 0.15) is 43.7 Å². The van der Waals surface area contributed by atoms with Gasteiger partial charge in [0.25, 0.3) is 5.56 Å². The highest BCUT2D eigenvalue weighted by Crippen LogP contribution is 2.29. The summed E-state index contributed by atoms with van der Waals surface area (Å²) in [4.78, 5) is 33.8. The van der Waals surface area contributed by atoms with Crippen molar-refractivity contribution in [2.75, 3.05) is 13.1 Å². The lowest BCUT2D eigenvalue weighted by Crippen LogP contribution is -2.38. The number of hydrogen-bond acceptors (Lipinski definition) is 3. The van der Waals surface area contributed by atoms with Crippen molar-refractivity contribution in [2.24, 2.45) is 5.92 Å². The molecule has 0 saturated carbocycles. The minimum absolute atomic E-state index is 0.125. The van der Waals surface area contributed by atoms with Gasteiger partial charge in [-0.2, -0.15) is 0 Å². The number of fused-ring (bicyclic) bond motifs is 1. The average molecular weight is 337 g/mol. The number of H-pyrrole nitrogens is 1. The zero-order valence-corrected chi connectivity index (χ0v) is 14.3. The number of nitrogens with one attached hydrogen (secondary N) is 1. The molecule has 1 amide bonds. The summed E-state index contributed by atoms with van der Waals surface area (Å²) in [6.07, 6.45) is 10.6. The summed E-state index contributed by atoms with van der Waals surface area (Å²) < 4.78 is 0. The van der Waals surface area contributed by atoms with Gasteiger partial charge in [0.15, 0.2) is 0 Å². The van der Waals surface area contributed by atoms with Gasteiger partial charge in [-0.15, -0.1) is 0 Å². The quantitative estimate of drug-likeness (QED) is 0.876. The second-order valence-corrected chi connectivity index (χ2v) is 7.12. The molecule has 1 unspecified atom stereocenters. The van der Waals surface area contributed by atoms with Crippen LogP contribution in [0.25, 0.3) is 10.9 Å². The monoisotopic (exact) mass is 337 g/mol. The van der Waals surface area contributed by atoms with Crippen LogP contribution in [-0.2, 0) is 4.79 Å². The number of amides is 1. The first-order valence-electron chi connectivity index (χ1n) is 9.13. The Hall–Kier alpha value is -2.43. The van der Waals surface area contributed by atoms with Gasteiger partial charge < -0.3 is 9.88 Å². The van der Waals surface area contributed by atoms with Gasteiger partial charge in [-0.1, -0.05) is 18.2 Å². The summed E-state index contributed by atoms with van der Waals surface area (Å²) in [5.74, 6) is 0.994. The summed E-state index contributed by atoms with van der Waals surface area (Å²) in [5.41, 5.74) is 1.33. The molecule has 5 nitrogen and oxygen atoms in total. The zero-order chi connectivity index (χ0) is 17.2. The van der Waals surface area contributed by atoms with E-state index in [4.69, 9.17) is 0 Å². The second kappa shape index (κ2) is 6.82. The molecule has 1 atom stereocenters. The Morgan fingerprint density at radius 2 is 2.12 bits per heavy atom. The number of allylic oxidation sites excluding steroid dienone is 2. The lowest BCUT2D eigenvalue weighted by molar-refractivity contribution is -0.132. The van der Waals surface area contributed by atoms with E-state index in [9.17, 15) is 9.59 Å². The van der Waals surface area contributed by atoms with Gasteiger partial charge >= 0.3 is 0 Å². The standard InChI is InChI=1S/C20H23N3O2/c24-18(12-14-4-1-2-5-14)23-10-7-15(8-11-23)17-13-16-6-3-9-21-19(16)20(25)22-17/h1,3-4,6,9,13-15H,2,5,7-8,10-12H2,(H,22,25). The van der Waals surface area contributed by atoms with Gasteiger partial charge in [0.2, 0.25) is 5.91 Å². The molecule has 0 aromatic carbocycles. The predicted octanol–water partition coefficient (Wildman–Crippen LogP) is 2.99. The van der Waals surface area contributed by atoms with E-state index in [1.807, 2.05) is 23.1 Å². The van der Waals surface area contributed by atoms with Gasteiger partial charge in [-0.3, -0.25) is 14.6 Å². The number of carbonyl (C=O) groups is 1. The topological polar surface area (TPSA) is 66.1 Å². The molecule has 2 aromatic rings. The lowest BCUT2D eigenvalue weighted by Gasteiger charge is -2.32. The number of hydrogen-bond donors (Lipinski definition) is 1. The number of aromatic amines is 1. The lowest BCUT2D eigenvalue weighted by atomic mass is 9.92. The number of likely N-dealkylation sites (tertiary alicyclic amines) is 1. The molecular formula is C20H23N3O2. The van der Waals surface area contributed by atoms with Crippen LogP contribution in [0.2, 0.25) is 0 Å². The summed E-state index contributed by atoms with van der Waals surface area (Å²) >= 11 is 0. The predicted molar refractivity (Wildman–Crippen MR) is 97.4 cm³/mol. The molecule has 4 rings (SSSR count).